The SMILES string of the molecule is CCCCC(O)C(CO)C(CO)C(CO)CO. The van der Waals surface area contributed by atoms with Crippen molar-refractivity contribution in [3.63, 3.8) is 0 Å². The third-order valence-corrected chi connectivity index (χ3v) is 3.39. The van der Waals surface area contributed by atoms with Gasteiger partial charge in [0.1, 0.15) is 0 Å². The molecule has 0 aliphatic heterocycles. The van der Waals surface area contributed by atoms with Crippen LogP contribution < -0.4 is 0 Å². The highest BCUT2D eigenvalue weighted by Crippen LogP contribution is 2.26. The smallest absolute Gasteiger partial charge is 0.0594 e. The fourth-order valence-electron chi connectivity index (χ4n) is 2.13. The molecule has 0 bridgehead atoms. The van der Waals surface area contributed by atoms with Crippen LogP contribution in [-0.4, -0.2) is 58.1 Å². The molecule has 0 saturated carbocycles. The van der Waals surface area contributed by atoms with E-state index in [0.29, 0.717) is 6.42 Å². The fourth-order valence-corrected chi connectivity index (χ4v) is 2.13. The summed E-state index contributed by atoms with van der Waals surface area (Å²) in [5.41, 5.74) is 0. The zero-order chi connectivity index (χ0) is 13.3. The summed E-state index contributed by atoms with van der Waals surface area (Å²) in [6.45, 7) is 0.957. The Morgan fingerprint density at radius 3 is 1.71 bits per heavy atom. The van der Waals surface area contributed by atoms with Crippen LogP contribution in [0.15, 0.2) is 0 Å². The predicted molar refractivity (Wildman–Crippen MR) is 64.3 cm³/mol. The number of aliphatic hydroxyl groups is 5. The first-order valence-corrected chi connectivity index (χ1v) is 6.27. The molecule has 0 saturated heterocycles. The molecule has 3 unspecified atom stereocenters. The van der Waals surface area contributed by atoms with Crippen LogP contribution in [0.2, 0.25) is 0 Å². The van der Waals surface area contributed by atoms with Crippen molar-refractivity contribution >= 4 is 0 Å². The highest BCUT2D eigenvalue weighted by molar-refractivity contribution is 4.80. The second-order valence-corrected chi connectivity index (χ2v) is 4.53. The Kier molecular flexibility index (Phi) is 9.68. The molecule has 0 rings (SSSR count). The van der Waals surface area contributed by atoms with E-state index in [0.717, 1.165) is 12.8 Å². The van der Waals surface area contributed by atoms with Gasteiger partial charge in [0.05, 0.1) is 6.10 Å². The van der Waals surface area contributed by atoms with E-state index in [2.05, 4.69) is 0 Å². The average molecular weight is 250 g/mol. The summed E-state index contributed by atoms with van der Waals surface area (Å²) in [6, 6.07) is 0. The van der Waals surface area contributed by atoms with Gasteiger partial charge in [-0.3, -0.25) is 0 Å². The molecule has 0 aliphatic rings. The quantitative estimate of drug-likeness (QED) is 0.355. The summed E-state index contributed by atoms with van der Waals surface area (Å²) in [6.07, 6.45) is 1.64. The third kappa shape index (κ3) is 5.31. The maximum Gasteiger partial charge on any atom is 0.0594 e. The van der Waals surface area contributed by atoms with Gasteiger partial charge in [0.2, 0.25) is 0 Å². The minimum Gasteiger partial charge on any atom is -0.396 e. The number of aliphatic hydroxyl groups excluding tert-OH is 5. The van der Waals surface area contributed by atoms with Crippen LogP contribution in [0.25, 0.3) is 0 Å². The van der Waals surface area contributed by atoms with E-state index in [1.807, 2.05) is 6.92 Å². The molecule has 0 fully saturated rings. The molecule has 0 spiro atoms. The van der Waals surface area contributed by atoms with Crippen LogP contribution in [0.4, 0.5) is 0 Å². The number of unbranched alkanes of at least 4 members (excludes halogenated alkanes) is 1. The minimum atomic E-state index is -0.710. The Morgan fingerprint density at radius 1 is 0.824 bits per heavy atom. The van der Waals surface area contributed by atoms with Crippen molar-refractivity contribution in [3.05, 3.63) is 0 Å². The number of hydrogen-bond acceptors (Lipinski definition) is 5. The molecule has 5 nitrogen and oxygen atoms in total. The van der Waals surface area contributed by atoms with Crippen molar-refractivity contribution in [2.24, 2.45) is 17.8 Å². The maximum absolute atomic E-state index is 9.95. The van der Waals surface area contributed by atoms with Gasteiger partial charge >= 0.3 is 0 Å². The van der Waals surface area contributed by atoms with Gasteiger partial charge in [-0.2, -0.15) is 0 Å². The van der Waals surface area contributed by atoms with E-state index in [9.17, 15) is 15.3 Å². The summed E-state index contributed by atoms with van der Waals surface area (Å²) in [5.74, 6) is -1.49. The van der Waals surface area contributed by atoms with Gasteiger partial charge in [0.15, 0.2) is 0 Å². The molecule has 5 heteroatoms. The van der Waals surface area contributed by atoms with Crippen molar-refractivity contribution in [1.82, 2.24) is 0 Å². The summed E-state index contributed by atoms with van der Waals surface area (Å²) < 4.78 is 0. The summed E-state index contributed by atoms with van der Waals surface area (Å²) in [5, 5.41) is 46.7. The summed E-state index contributed by atoms with van der Waals surface area (Å²) in [7, 11) is 0. The van der Waals surface area contributed by atoms with Gasteiger partial charge in [-0.15, -0.1) is 0 Å². The van der Waals surface area contributed by atoms with Gasteiger partial charge in [0.25, 0.3) is 0 Å². The molecule has 0 aromatic rings. The second-order valence-electron chi connectivity index (χ2n) is 4.53. The average Bonchev–Trinajstić information content (AvgIpc) is 2.36. The molecule has 3 atom stereocenters. The summed E-state index contributed by atoms with van der Waals surface area (Å²) in [4.78, 5) is 0. The van der Waals surface area contributed by atoms with Crippen molar-refractivity contribution in [2.75, 3.05) is 26.4 Å². The first kappa shape index (κ1) is 16.8. The summed E-state index contributed by atoms with van der Waals surface area (Å²) >= 11 is 0. The highest BCUT2D eigenvalue weighted by Gasteiger charge is 2.32. The molecule has 0 radical (unpaired) electrons. The molecule has 17 heavy (non-hydrogen) atoms. The topological polar surface area (TPSA) is 101 Å². The molecule has 5 N–H and O–H groups in total. The lowest BCUT2D eigenvalue weighted by atomic mass is 9.79. The Bertz CT molecular complexity index is 172. The molecule has 0 aromatic carbocycles. The van der Waals surface area contributed by atoms with Crippen molar-refractivity contribution < 1.29 is 25.5 Å². The minimum absolute atomic E-state index is 0.257. The van der Waals surface area contributed by atoms with Gasteiger partial charge in [-0.1, -0.05) is 19.8 Å². The van der Waals surface area contributed by atoms with E-state index < -0.39 is 23.9 Å². The van der Waals surface area contributed by atoms with Crippen molar-refractivity contribution in [3.8, 4) is 0 Å². The van der Waals surface area contributed by atoms with E-state index in [4.69, 9.17) is 10.2 Å². The number of hydrogen-bond donors (Lipinski definition) is 5. The standard InChI is InChI=1S/C12H26O5/c1-2-3-4-12(17)11(8-16)10(7-15)9(5-13)6-14/h9-17H,2-8H2,1H3. The lowest BCUT2D eigenvalue weighted by Gasteiger charge is -2.32. The molecule has 104 valence electrons. The molecule has 0 amide bonds. The van der Waals surface area contributed by atoms with Crippen LogP contribution in [-0.2, 0) is 0 Å². The first-order valence-electron chi connectivity index (χ1n) is 6.27. The Hall–Kier alpha value is -0.200. The van der Waals surface area contributed by atoms with Crippen LogP contribution in [0.3, 0.4) is 0 Å². The molecular weight excluding hydrogens is 224 g/mol. The lowest BCUT2D eigenvalue weighted by molar-refractivity contribution is -0.0342. The first-order chi connectivity index (χ1) is 8.15. The van der Waals surface area contributed by atoms with Crippen molar-refractivity contribution in [2.45, 2.75) is 32.3 Å². The van der Waals surface area contributed by atoms with Crippen molar-refractivity contribution in [1.29, 1.82) is 0 Å². The normalized spacial score (nSPS) is 17.1. The highest BCUT2D eigenvalue weighted by atomic mass is 16.3. The van der Waals surface area contributed by atoms with Crippen LogP contribution in [0.5, 0.6) is 0 Å². The fraction of sp³-hybridized carbons (Fsp3) is 1.00. The van der Waals surface area contributed by atoms with Crippen LogP contribution in [0, 0.1) is 17.8 Å². The lowest BCUT2D eigenvalue weighted by Crippen LogP contribution is -2.39. The monoisotopic (exact) mass is 250 g/mol. The van der Waals surface area contributed by atoms with Gasteiger partial charge < -0.3 is 25.5 Å². The Balaban J connectivity index is 4.55. The zero-order valence-corrected chi connectivity index (χ0v) is 10.5. The molecular formula is C12H26O5. The van der Waals surface area contributed by atoms with Crippen LogP contribution in [0.1, 0.15) is 26.2 Å². The van der Waals surface area contributed by atoms with Crippen LogP contribution >= 0.6 is 0 Å². The predicted octanol–water partition coefficient (Wildman–Crippen LogP) is -0.645. The Morgan fingerprint density at radius 2 is 1.35 bits per heavy atom. The van der Waals surface area contributed by atoms with E-state index >= 15 is 0 Å². The van der Waals surface area contributed by atoms with E-state index in [1.165, 1.54) is 0 Å². The third-order valence-electron chi connectivity index (χ3n) is 3.39. The molecule has 0 heterocycles. The zero-order valence-electron chi connectivity index (χ0n) is 10.5. The van der Waals surface area contributed by atoms with Gasteiger partial charge in [0, 0.05) is 38.3 Å². The van der Waals surface area contributed by atoms with Gasteiger partial charge in [-0.05, 0) is 12.3 Å². The van der Waals surface area contributed by atoms with Gasteiger partial charge in [-0.25, -0.2) is 0 Å². The number of rotatable bonds is 10. The second kappa shape index (κ2) is 9.79. The van der Waals surface area contributed by atoms with E-state index in [-0.39, 0.29) is 26.4 Å². The van der Waals surface area contributed by atoms with E-state index in [1.54, 1.807) is 0 Å². The molecule has 0 aromatic heterocycles. The Labute approximate surface area is 103 Å². The molecule has 0 aliphatic carbocycles. The largest absolute Gasteiger partial charge is 0.396 e. The maximum atomic E-state index is 9.95.